The summed E-state index contributed by atoms with van der Waals surface area (Å²) in [5.74, 6) is -1.52. The molecule has 0 aromatic heterocycles. The molecule has 3 rings (SSSR count). The van der Waals surface area contributed by atoms with Crippen molar-refractivity contribution >= 4 is 5.78 Å². The number of carbonyl (C=O) groups is 1. The van der Waals surface area contributed by atoms with Crippen LogP contribution in [-0.2, 0) is 15.1 Å². The number of halogens is 3. The smallest absolute Gasteiger partial charge is 0.454 e. The highest BCUT2D eigenvalue weighted by Gasteiger charge is 2.51. The average Bonchev–Trinajstić information content (AvgIpc) is 3.14. The molecule has 1 heterocycles. The average molecular weight is 468 g/mol. The van der Waals surface area contributed by atoms with E-state index in [1.165, 1.54) is 65.7 Å². The Hall–Kier alpha value is -3.56. The van der Waals surface area contributed by atoms with E-state index in [9.17, 15) is 23.1 Å². The van der Waals surface area contributed by atoms with Gasteiger partial charge >= 0.3 is 6.18 Å². The summed E-state index contributed by atoms with van der Waals surface area (Å²) in [6.45, 7) is 1.29. The van der Waals surface area contributed by atoms with E-state index < -0.39 is 29.6 Å². The van der Waals surface area contributed by atoms with E-state index in [1.54, 1.807) is 0 Å². The Kier molecular flexibility index (Phi) is 6.40. The number of rotatable bonds is 7. The van der Waals surface area contributed by atoms with Crippen molar-refractivity contribution in [3.8, 4) is 28.7 Å². The highest BCUT2D eigenvalue weighted by atomic mass is 19.4. The van der Waals surface area contributed by atoms with Crippen LogP contribution in [0.4, 0.5) is 13.2 Å². The van der Waals surface area contributed by atoms with Crippen LogP contribution in [-0.4, -0.2) is 45.5 Å². The minimum Gasteiger partial charge on any atom is -0.504 e. The van der Waals surface area contributed by atoms with Gasteiger partial charge in [-0.3, -0.25) is 4.79 Å². The van der Waals surface area contributed by atoms with Crippen molar-refractivity contribution in [2.75, 3.05) is 28.4 Å². The van der Waals surface area contributed by atoms with Crippen molar-refractivity contribution in [3.05, 3.63) is 52.8 Å². The Bertz CT molecular complexity index is 1080. The summed E-state index contributed by atoms with van der Waals surface area (Å²) in [6, 6.07) is 7.35. The first kappa shape index (κ1) is 24.1. The second-order valence-electron chi connectivity index (χ2n) is 7.27. The summed E-state index contributed by atoms with van der Waals surface area (Å²) in [7, 11) is 5.56. The third-order valence-electron chi connectivity index (χ3n) is 5.49. The van der Waals surface area contributed by atoms with Crippen molar-refractivity contribution in [3.63, 3.8) is 0 Å². The second kappa shape index (κ2) is 8.76. The van der Waals surface area contributed by atoms with Crippen LogP contribution in [0.25, 0.3) is 0 Å². The zero-order valence-electron chi connectivity index (χ0n) is 18.6. The fraction of sp³-hybridized carbons (Fsp3) is 0.348. The van der Waals surface area contributed by atoms with Crippen LogP contribution in [0, 0.1) is 0 Å². The van der Waals surface area contributed by atoms with E-state index in [0.29, 0.717) is 11.1 Å². The first-order valence-corrected chi connectivity index (χ1v) is 9.70. The topological polar surface area (TPSA) is 83.5 Å². The summed E-state index contributed by atoms with van der Waals surface area (Å²) in [5, 5.41) is 10.4. The molecular formula is C23H23F3O7. The number of ether oxygens (including phenoxy) is 5. The van der Waals surface area contributed by atoms with Gasteiger partial charge in [-0.2, -0.15) is 13.2 Å². The van der Waals surface area contributed by atoms with E-state index in [4.69, 9.17) is 23.7 Å². The van der Waals surface area contributed by atoms with Gasteiger partial charge in [-0.25, -0.2) is 0 Å². The highest BCUT2D eigenvalue weighted by Crippen LogP contribution is 2.52. The molecule has 0 aliphatic carbocycles. The van der Waals surface area contributed by atoms with E-state index in [1.807, 2.05) is 0 Å². The number of aromatic hydroxyl groups is 1. The first-order valence-electron chi connectivity index (χ1n) is 9.70. The Morgan fingerprint density at radius 3 is 1.97 bits per heavy atom. The lowest BCUT2D eigenvalue weighted by atomic mass is 9.81. The SMILES string of the molecule is COc1ccc(C2(c3cc(OC)c(OC)c(OC)c3)CC(C(=O)C(F)(F)F)=C(C)O2)cc1O. The maximum Gasteiger partial charge on any atom is 0.454 e. The number of ketones is 1. The summed E-state index contributed by atoms with van der Waals surface area (Å²) >= 11 is 0. The Labute approximate surface area is 188 Å². The molecule has 0 radical (unpaired) electrons. The van der Waals surface area contributed by atoms with Gasteiger partial charge < -0.3 is 28.8 Å². The van der Waals surface area contributed by atoms with Crippen LogP contribution in [0.2, 0.25) is 0 Å². The van der Waals surface area contributed by atoms with Gasteiger partial charge in [0.05, 0.1) is 28.4 Å². The van der Waals surface area contributed by atoms with Gasteiger partial charge in [0.15, 0.2) is 28.6 Å². The standard InChI is InChI=1S/C23H23F3O7/c1-12-15(21(28)23(24,25)26)11-22(33-12,13-6-7-17(29-2)16(27)8-13)14-9-18(30-3)20(32-5)19(10-14)31-4/h6-10,27H,11H2,1-5H3. The van der Waals surface area contributed by atoms with Crippen molar-refractivity contribution < 1.29 is 46.8 Å². The fourth-order valence-electron chi connectivity index (χ4n) is 3.89. The third kappa shape index (κ3) is 4.12. The molecule has 1 aliphatic heterocycles. The number of methoxy groups -OCH3 is 4. The molecule has 1 unspecified atom stereocenters. The van der Waals surface area contributed by atoms with E-state index in [-0.39, 0.29) is 34.5 Å². The Balaban J connectivity index is 2.27. The lowest BCUT2D eigenvalue weighted by Gasteiger charge is -2.32. The molecule has 10 heteroatoms. The number of benzene rings is 2. The zero-order valence-corrected chi connectivity index (χ0v) is 18.6. The quantitative estimate of drug-likeness (QED) is 0.641. The van der Waals surface area contributed by atoms with Gasteiger partial charge in [0, 0.05) is 23.1 Å². The Morgan fingerprint density at radius 1 is 0.939 bits per heavy atom. The summed E-state index contributed by atoms with van der Waals surface area (Å²) in [6.07, 6.45) is -5.52. The van der Waals surface area contributed by atoms with Gasteiger partial charge in [0.2, 0.25) is 5.75 Å². The minimum absolute atomic E-state index is 0.160. The normalized spacial score (nSPS) is 18.1. The molecule has 178 valence electrons. The van der Waals surface area contributed by atoms with Crippen LogP contribution >= 0.6 is 0 Å². The molecule has 0 spiro atoms. The van der Waals surface area contributed by atoms with E-state index >= 15 is 0 Å². The number of hydrogen-bond acceptors (Lipinski definition) is 7. The molecule has 1 atom stereocenters. The third-order valence-corrected chi connectivity index (χ3v) is 5.49. The number of alkyl halides is 3. The van der Waals surface area contributed by atoms with E-state index in [0.717, 1.165) is 0 Å². The number of phenolic OH excluding ortho intramolecular Hbond substituents is 1. The zero-order chi connectivity index (χ0) is 24.6. The molecule has 0 fully saturated rings. The molecule has 1 N–H and O–H groups in total. The molecular weight excluding hydrogens is 445 g/mol. The van der Waals surface area contributed by atoms with Crippen molar-refractivity contribution in [2.45, 2.75) is 25.1 Å². The summed E-state index contributed by atoms with van der Waals surface area (Å²) < 4.78 is 67.0. The maximum absolute atomic E-state index is 13.3. The largest absolute Gasteiger partial charge is 0.504 e. The molecule has 0 amide bonds. The summed E-state index contributed by atoms with van der Waals surface area (Å²) in [5.41, 5.74) is -1.51. The minimum atomic E-state index is -5.08. The highest BCUT2D eigenvalue weighted by molar-refractivity contribution is 6.00. The number of allylic oxidation sites excluding steroid dienone is 1. The van der Waals surface area contributed by atoms with Gasteiger partial charge in [-0.05, 0) is 31.2 Å². The van der Waals surface area contributed by atoms with E-state index in [2.05, 4.69) is 0 Å². The number of carbonyl (C=O) groups excluding carboxylic acids is 1. The Morgan fingerprint density at radius 2 is 1.52 bits per heavy atom. The monoisotopic (exact) mass is 468 g/mol. The molecule has 2 aromatic carbocycles. The maximum atomic E-state index is 13.3. The lowest BCUT2D eigenvalue weighted by molar-refractivity contribution is -0.166. The molecule has 0 saturated carbocycles. The van der Waals surface area contributed by atoms with Crippen LogP contribution in [0.1, 0.15) is 24.5 Å². The van der Waals surface area contributed by atoms with Crippen molar-refractivity contribution in [1.29, 1.82) is 0 Å². The van der Waals surface area contributed by atoms with Gasteiger partial charge in [-0.1, -0.05) is 6.07 Å². The number of phenols is 1. The molecule has 1 aliphatic rings. The molecule has 0 bridgehead atoms. The number of hydrogen-bond donors (Lipinski definition) is 1. The van der Waals surface area contributed by atoms with Gasteiger partial charge in [0.25, 0.3) is 5.78 Å². The fourth-order valence-corrected chi connectivity index (χ4v) is 3.89. The van der Waals surface area contributed by atoms with Crippen LogP contribution in [0.5, 0.6) is 28.7 Å². The molecule has 0 saturated heterocycles. The lowest BCUT2D eigenvalue weighted by Crippen LogP contribution is -2.30. The van der Waals surface area contributed by atoms with Crippen molar-refractivity contribution in [2.24, 2.45) is 0 Å². The first-order chi connectivity index (χ1) is 15.5. The van der Waals surface area contributed by atoms with Crippen molar-refractivity contribution in [1.82, 2.24) is 0 Å². The summed E-state index contributed by atoms with van der Waals surface area (Å²) in [4.78, 5) is 12.1. The molecule has 2 aromatic rings. The van der Waals surface area contributed by atoms with Crippen LogP contribution in [0.3, 0.4) is 0 Å². The molecule has 33 heavy (non-hydrogen) atoms. The van der Waals surface area contributed by atoms with Crippen LogP contribution < -0.4 is 18.9 Å². The van der Waals surface area contributed by atoms with Crippen LogP contribution in [0.15, 0.2) is 41.7 Å². The second-order valence-corrected chi connectivity index (χ2v) is 7.27. The number of Topliss-reactive ketones (excluding diaryl/α,β-unsaturated/α-hetero) is 1. The molecule has 7 nitrogen and oxygen atoms in total. The predicted molar refractivity (Wildman–Crippen MR) is 111 cm³/mol. The van der Waals surface area contributed by atoms with Gasteiger partial charge in [-0.15, -0.1) is 0 Å². The predicted octanol–water partition coefficient (Wildman–Crippen LogP) is 4.50. The van der Waals surface area contributed by atoms with Gasteiger partial charge in [0.1, 0.15) is 5.76 Å².